The van der Waals surface area contributed by atoms with Gasteiger partial charge in [0.2, 0.25) is 5.95 Å². The van der Waals surface area contributed by atoms with Gasteiger partial charge >= 0.3 is 0 Å². The fourth-order valence-corrected chi connectivity index (χ4v) is 1.82. The molecule has 0 aromatic carbocycles. The highest BCUT2D eigenvalue weighted by Crippen LogP contribution is 2.18. The third kappa shape index (κ3) is 3.29. The molecule has 0 unspecified atom stereocenters. The maximum Gasteiger partial charge on any atom is 0.224 e. The highest BCUT2D eigenvalue weighted by Gasteiger charge is 2.17. The zero-order chi connectivity index (χ0) is 12.8. The number of nitrogens with one attached hydrogen (secondary N) is 1. The molecule has 1 aromatic heterocycles. The first-order chi connectivity index (χ1) is 8.81. The van der Waals surface area contributed by atoms with Crippen LogP contribution in [0.15, 0.2) is 6.20 Å². The van der Waals surface area contributed by atoms with Crippen molar-refractivity contribution in [2.75, 3.05) is 43.1 Å². The summed E-state index contributed by atoms with van der Waals surface area (Å²) in [5.41, 5.74) is 0. The highest BCUT2D eigenvalue weighted by atomic mass is 19.1. The molecule has 1 aliphatic rings. The number of anilines is 2. The van der Waals surface area contributed by atoms with Crippen molar-refractivity contribution < 1.29 is 9.13 Å². The van der Waals surface area contributed by atoms with Crippen LogP contribution in [-0.2, 0) is 4.74 Å². The van der Waals surface area contributed by atoms with Crippen molar-refractivity contribution in [2.24, 2.45) is 0 Å². The lowest BCUT2D eigenvalue weighted by Gasteiger charge is -2.28. The van der Waals surface area contributed by atoms with E-state index in [1.54, 1.807) is 0 Å². The van der Waals surface area contributed by atoms with Crippen LogP contribution >= 0.6 is 0 Å². The second kappa shape index (κ2) is 6.49. The first-order valence-corrected chi connectivity index (χ1v) is 6.40. The molecular formula is C12H19FN4O. The van der Waals surface area contributed by atoms with Crippen LogP contribution in [0.1, 0.15) is 19.8 Å². The minimum Gasteiger partial charge on any atom is -0.378 e. The molecule has 0 aliphatic carbocycles. The number of hydrogen-bond donors (Lipinski definition) is 1. The fourth-order valence-electron chi connectivity index (χ4n) is 1.82. The van der Waals surface area contributed by atoms with E-state index in [0.29, 0.717) is 38.1 Å². The monoisotopic (exact) mass is 254 g/mol. The first kappa shape index (κ1) is 13.0. The van der Waals surface area contributed by atoms with Gasteiger partial charge < -0.3 is 15.0 Å². The van der Waals surface area contributed by atoms with E-state index < -0.39 is 0 Å². The van der Waals surface area contributed by atoms with Crippen molar-refractivity contribution in [3.05, 3.63) is 12.0 Å². The Morgan fingerprint density at radius 2 is 2.22 bits per heavy atom. The molecule has 0 atom stereocenters. The molecule has 1 aromatic rings. The lowest BCUT2D eigenvalue weighted by Crippen LogP contribution is -2.37. The number of aromatic nitrogens is 2. The molecule has 0 amide bonds. The summed E-state index contributed by atoms with van der Waals surface area (Å²) < 4.78 is 19.0. The number of halogens is 1. The van der Waals surface area contributed by atoms with Gasteiger partial charge in [0.1, 0.15) is 0 Å². The molecule has 0 bridgehead atoms. The maximum absolute atomic E-state index is 13.7. The summed E-state index contributed by atoms with van der Waals surface area (Å²) >= 11 is 0. The Morgan fingerprint density at radius 3 is 2.94 bits per heavy atom. The predicted molar refractivity (Wildman–Crippen MR) is 68.4 cm³/mol. The van der Waals surface area contributed by atoms with Crippen LogP contribution in [-0.4, -0.2) is 42.8 Å². The van der Waals surface area contributed by atoms with E-state index in [1.807, 2.05) is 4.90 Å². The Labute approximate surface area is 106 Å². The molecule has 5 nitrogen and oxygen atoms in total. The van der Waals surface area contributed by atoms with Gasteiger partial charge in [-0.1, -0.05) is 13.3 Å². The van der Waals surface area contributed by atoms with Gasteiger partial charge in [0.25, 0.3) is 0 Å². The van der Waals surface area contributed by atoms with Gasteiger partial charge in [0, 0.05) is 19.6 Å². The second-order valence-corrected chi connectivity index (χ2v) is 4.24. The summed E-state index contributed by atoms with van der Waals surface area (Å²) in [5.74, 6) is 0.483. The van der Waals surface area contributed by atoms with Gasteiger partial charge in [-0.25, -0.2) is 9.37 Å². The zero-order valence-corrected chi connectivity index (χ0v) is 10.7. The van der Waals surface area contributed by atoms with E-state index >= 15 is 0 Å². The van der Waals surface area contributed by atoms with E-state index in [-0.39, 0.29) is 5.82 Å². The third-order valence-electron chi connectivity index (χ3n) is 2.85. The molecule has 0 saturated carbocycles. The molecule has 1 saturated heterocycles. The molecule has 1 N–H and O–H groups in total. The molecule has 2 rings (SSSR count). The standard InChI is InChI=1S/C12H19FN4O/c1-2-3-4-14-12-15-9-10(13)11(16-12)17-5-7-18-8-6-17/h9H,2-8H2,1H3,(H,14,15,16). The number of morpholine rings is 1. The maximum atomic E-state index is 13.7. The Morgan fingerprint density at radius 1 is 1.44 bits per heavy atom. The number of nitrogens with zero attached hydrogens (tertiary/aromatic N) is 3. The molecule has 1 aliphatic heterocycles. The summed E-state index contributed by atoms with van der Waals surface area (Å²) in [7, 11) is 0. The molecule has 100 valence electrons. The van der Waals surface area contributed by atoms with Crippen molar-refractivity contribution in [1.29, 1.82) is 0 Å². The summed E-state index contributed by atoms with van der Waals surface area (Å²) in [5, 5.41) is 3.11. The van der Waals surface area contributed by atoms with Crippen LogP contribution in [0, 0.1) is 5.82 Å². The minimum atomic E-state index is -0.377. The van der Waals surface area contributed by atoms with Crippen LogP contribution in [0.2, 0.25) is 0 Å². The number of ether oxygens (including phenoxy) is 1. The summed E-state index contributed by atoms with van der Waals surface area (Å²) in [6.07, 6.45) is 3.38. The van der Waals surface area contributed by atoms with E-state index in [4.69, 9.17) is 4.74 Å². The lowest BCUT2D eigenvalue weighted by molar-refractivity contribution is 0.122. The largest absolute Gasteiger partial charge is 0.378 e. The second-order valence-electron chi connectivity index (χ2n) is 4.24. The van der Waals surface area contributed by atoms with Crippen molar-refractivity contribution in [2.45, 2.75) is 19.8 Å². The van der Waals surface area contributed by atoms with E-state index in [2.05, 4.69) is 22.2 Å². The van der Waals surface area contributed by atoms with E-state index in [0.717, 1.165) is 19.4 Å². The average Bonchev–Trinajstić information content (AvgIpc) is 2.42. The minimum absolute atomic E-state index is 0.368. The van der Waals surface area contributed by atoms with Gasteiger partial charge in [-0.3, -0.25) is 0 Å². The van der Waals surface area contributed by atoms with Crippen LogP contribution in [0.3, 0.4) is 0 Å². The third-order valence-corrected chi connectivity index (χ3v) is 2.85. The first-order valence-electron chi connectivity index (χ1n) is 6.40. The summed E-state index contributed by atoms with van der Waals surface area (Å²) in [4.78, 5) is 10.1. The smallest absolute Gasteiger partial charge is 0.224 e. The van der Waals surface area contributed by atoms with Crippen molar-refractivity contribution in [3.63, 3.8) is 0 Å². The number of rotatable bonds is 5. The van der Waals surface area contributed by atoms with Gasteiger partial charge in [0.15, 0.2) is 11.6 Å². The normalized spacial score (nSPS) is 15.8. The molecule has 18 heavy (non-hydrogen) atoms. The lowest BCUT2D eigenvalue weighted by atomic mass is 10.3. The topological polar surface area (TPSA) is 50.3 Å². The summed E-state index contributed by atoms with van der Waals surface area (Å²) in [6.45, 7) is 5.49. The van der Waals surface area contributed by atoms with Gasteiger partial charge in [-0.05, 0) is 6.42 Å². The Bertz CT molecular complexity index is 382. The summed E-state index contributed by atoms with van der Waals surface area (Å²) in [6, 6.07) is 0. The van der Waals surface area contributed by atoms with E-state index in [9.17, 15) is 4.39 Å². The Balaban J connectivity index is 2.05. The highest BCUT2D eigenvalue weighted by molar-refractivity contribution is 5.44. The molecule has 6 heteroatoms. The predicted octanol–water partition coefficient (Wildman–Crippen LogP) is 1.66. The molecule has 0 radical (unpaired) electrons. The molecule has 1 fully saturated rings. The van der Waals surface area contributed by atoms with Crippen molar-refractivity contribution >= 4 is 11.8 Å². The Kier molecular flexibility index (Phi) is 4.69. The van der Waals surface area contributed by atoms with Crippen molar-refractivity contribution in [3.8, 4) is 0 Å². The fraction of sp³-hybridized carbons (Fsp3) is 0.667. The number of hydrogen-bond acceptors (Lipinski definition) is 5. The van der Waals surface area contributed by atoms with E-state index in [1.165, 1.54) is 6.20 Å². The van der Waals surface area contributed by atoms with Gasteiger partial charge in [-0.2, -0.15) is 4.98 Å². The quantitative estimate of drug-likeness (QED) is 0.810. The van der Waals surface area contributed by atoms with Crippen LogP contribution in [0.5, 0.6) is 0 Å². The molecule has 2 heterocycles. The Hall–Kier alpha value is -1.43. The van der Waals surface area contributed by atoms with Gasteiger partial charge in [0.05, 0.1) is 19.4 Å². The van der Waals surface area contributed by atoms with Crippen LogP contribution in [0.4, 0.5) is 16.2 Å². The molecular weight excluding hydrogens is 235 g/mol. The molecule has 0 spiro atoms. The average molecular weight is 254 g/mol. The number of unbranched alkanes of at least 4 members (excludes halogenated alkanes) is 1. The van der Waals surface area contributed by atoms with Gasteiger partial charge in [-0.15, -0.1) is 0 Å². The van der Waals surface area contributed by atoms with Crippen LogP contribution in [0.25, 0.3) is 0 Å². The van der Waals surface area contributed by atoms with Crippen molar-refractivity contribution in [1.82, 2.24) is 9.97 Å². The van der Waals surface area contributed by atoms with Crippen LogP contribution < -0.4 is 10.2 Å². The zero-order valence-electron chi connectivity index (χ0n) is 10.7. The SMILES string of the molecule is CCCCNc1ncc(F)c(N2CCOCC2)n1.